The quantitative estimate of drug-likeness (QED) is 0.0671. The number of rotatable bonds is 22. The summed E-state index contributed by atoms with van der Waals surface area (Å²) in [6.07, 6.45) is 18.9. The second-order valence-corrected chi connectivity index (χ2v) is 11.1. The number of hydrogen-bond donors (Lipinski definition) is 0. The van der Waals surface area contributed by atoms with Crippen LogP contribution in [-0.4, -0.2) is 19.2 Å². The lowest BCUT2D eigenvalue weighted by Gasteiger charge is -2.14. The molecule has 230 valence electrons. The van der Waals surface area contributed by atoms with Crippen LogP contribution in [0.5, 0.6) is 17.2 Å². The Morgan fingerprint density at radius 2 is 1.17 bits per heavy atom. The first-order chi connectivity index (χ1) is 20.7. The zero-order chi connectivity index (χ0) is 29.8. The molecule has 0 saturated carbocycles. The van der Waals surface area contributed by atoms with Crippen molar-refractivity contribution in [3.63, 3.8) is 0 Å². The van der Waals surface area contributed by atoms with Gasteiger partial charge in [-0.15, -0.1) is 0 Å². The molecule has 1 heterocycles. The van der Waals surface area contributed by atoms with Crippen LogP contribution in [0.4, 0.5) is 0 Å². The third-order valence-electron chi connectivity index (χ3n) is 7.51. The SMILES string of the molecule is CCCCCCCCCCOc1c(OC(=O)c2ccccc2)c2cccc(OCCCCCCCCCC)c2oc1=O. The van der Waals surface area contributed by atoms with E-state index in [1.165, 1.54) is 70.6 Å². The number of fused-ring (bicyclic) bond motifs is 1. The molecule has 6 nitrogen and oxygen atoms in total. The first-order valence-corrected chi connectivity index (χ1v) is 16.3. The zero-order valence-electron chi connectivity index (χ0n) is 25.8. The molecule has 0 aliphatic carbocycles. The summed E-state index contributed by atoms with van der Waals surface area (Å²) in [6, 6.07) is 14.1. The molecule has 2 aromatic carbocycles. The number of carbonyl (C=O) groups is 1. The van der Waals surface area contributed by atoms with Crippen LogP contribution in [0.2, 0.25) is 0 Å². The molecule has 0 aliphatic rings. The number of ether oxygens (including phenoxy) is 3. The van der Waals surface area contributed by atoms with Crippen LogP contribution in [-0.2, 0) is 0 Å². The van der Waals surface area contributed by atoms with Crippen molar-refractivity contribution in [2.24, 2.45) is 0 Å². The van der Waals surface area contributed by atoms with Gasteiger partial charge >= 0.3 is 11.6 Å². The van der Waals surface area contributed by atoms with Crippen molar-refractivity contribution in [1.29, 1.82) is 0 Å². The van der Waals surface area contributed by atoms with Gasteiger partial charge in [0, 0.05) is 0 Å². The molecule has 6 heteroatoms. The fourth-order valence-corrected chi connectivity index (χ4v) is 5.05. The maximum Gasteiger partial charge on any atom is 0.383 e. The molecule has 0 bridgehead atoms. The van der Waals surface area contributed by atoms with Gasteiger partial charge in [-0.1, -0.05) is 128 Å². The highest BCUT2D eigenvalue weighted by Crippen LogP contribution is 2.37. The van der Waals surface area contributed by atoms with Crippen molar-refractivity contribution < 1.29 is 23.4 Å². The van der Waals surface area contributed by atoms with Gasteiger partial charge < -0.3 is 18.6 Å². The highest BCUT2D eigenvalue weighted by atomic mass is 16.6. The van der Waals surface area contributed by atoms with Gasteiger partial charge in [-0.3, -0.25) is 0 Å². The summed E-state index contributed by atoms with van der Waals surface area (Å²) in [5.74, 6) is -0.106. The summed E-state index contributed by atoms with van der Waals surface area (Å²) >= 11 is 0. The standard InChI is InChI=1S/C36H50O6/c1-3-5-7-9-11-13-15-20-27-39-31-26-22-25-30-32(31)41-36(38)34(40-28-21-16-14-12-10-8-6-4-2)33(30)42-35(37)29-23-18-17-19-24-29/h17-19,22-26H,3-16,20-21,27-28H2,1-2H3. The Morgan fingerprint density at radius 3 is 1.76 bits per heavy atom. The highest BCUT2D eigenvalue weighted by Gasteiger charge is 2.23. The fraction of sp³-hybridized carbons (Fsp3) is 0.556. The van der Waals surface area contributed by atoms with E-state index in [2.05, 4.69) is 13.8 Å². The molecule has 1 aromatic heterocycles. The second kappa shape index (κ2) is 19.8. The van der Waals surface area contributed by atoms with Crippen molar-refractivity contribution in [1.82, 2.24) is 0 Å². The third kappa shape index (κ3) is 11.2. The van der Waals surface area contributed by atoms with E-state index < -0.39 is 11.6 Å². The molecule has 0 N–H and O–H groups in total. The monoisotopic (exact) mass is 578 g/mol. The van der Waals surface area contributed by atoms with Gasteiger partial charge in [0.15, 0.2) is 17.1 Å². The molecule has 0 saturated heterocycles. The van der Waals surface area contributed by atoms with Crippen molar-refractivity contribution in [3.05, 3.63) is 64.5 Å². The average molecular weight is 579 g/mol. The Kier molecular flexibility index (Phi) is 15.6. The largest absolute Gasteiger partial charge is 0.490 e. The minimum absolute atomic E-state index is 0.0741. The molecule has 0 spiro atoms. The van der Waals surface area contributed by atoms with Crippen LogP contribution in [0.25, 0.3) is 11.0 Å². The predicted octanol–water partition coefficient (Wildman–Crippen LogP) is 10.1. The van der Waals surface area contributed by atoms with E-state index >= 15 is 0 Å². The molecule has 3 aromatic rings. The number of esters is 1. The maximum absolute atomic E-state index is 13.2. The normalized spacial score (nSPS) is 11.1. The van der Waals surface area contributed by atoms with Gasteiger partial charge in [-0.2, -0.15) is 0 Å². The molecule has 0 atom stereocenters. The van der Waals surface area contributed by atoms with Crippen molar-refractivity contribution in [2.45, 2.75) is 117 Å². The van der Waals surface area contributed by atoms with Gasteiger partial charge in [-0.25, -0.2) is 9.59 Å². The topological polar surface area (TPSA) is 75.0 Å². The van der Waals surface area contributed by atoms with Crippen molar-refractivity contribution >= 4 is 16.9 Å². The Labute approximate surface area is 251 Å². The highest BCUT2D eigenvalue weighted by molar-refractivity contribution is 5.96. The third-order valence-corrected chi connectivity index (χ3v) is 7.51. The minimum Gasteiger partial charge on any atom is -0.490 e. The minimum atomic E-state index is -0.680. The molecular formula is C36H50O6. The zero-order valence-corrected chi connectivity index (χ0v) is 25.8. The van der Waals surface area contributed by atoms with Crippen molar-refractivity contribution in [2.75, 3.05) is 13.2 Å². The summed E-state index contributed by atoms with van der Waals surface area (Å²) in [5, 5.41) is 0.471. The van der Waals surface area contributed by atoms with Crippen LogP contribution in [0.3, 0.4) is 0 Å². The molecular weight excluding hydrogens is 528 g/mol. The van der Waals surface area contributed by atoms with Crippen molar-refractivity contribution in [3.8, 4) is 17.2 Å². The number of unbranched alkanes of at least 4 members (excludes halogenated alkanes) is 14. The van der Waals surface area contributed by atoms with E-state index in [1.54, 1.807) is 36.4 Å². The molecule has 42 heavy (non-hydrogen) atoms. The van der Waals surface area contributed by atoms with Gasteiger partial charge in [0.25, 0.3) is 0 Å². The molecule has 0 fully saturated rings. The maximum atomic E-state index is 13.2. The Hall–Kier alpha value is -3.28. The first-order valence-electron chi connectivity index (χ1n) is 16.3. The van der Waals surface area contributed by atoms with E-state index in [-0.39, 0.29) is 17.1 Å². The lowest BCUT2D eigenvalue weighted by Crippen LogP contribution is -2.15. The fourth-order valence-electron chi connectivity index (χ4n) is 5.05. The predicted molar refractivity (Wildman–Crippen MR) is 170 cm³/mol. The smallest absolute Gasteiger partial charge is 0.383 e. The van der Waals surface area contributed by atoms with Gasteiger partial charge in [0.05, 0.1) is 24.2 Å². The Balaban J connectivity index is 1.69. The van der Waals surface area contributed by atoms with Gasteiger partial charge in [-0.05, 0) is 37.1 Å². The molecule has 0 aliphatic heterocycles. The Bertz CT molecular complexity index is 1230. The molecule has 3 rings (SSSR count). The van der Waals surface area contributed by atoms with Gasteiger partial charge in [0.1, 0.15) is 0 Å². The number of benzene rings is 2. The van der Waals surface area contributed by atoms with E-state index in [0.717, 1.165) is 32.1 Å². The number of carbonyl (C=O) groups excluding carboxylic acids is 1. The summed E-state index contributed by atoms with van der Waals surface area (Å²) in [6.45, 7) is 5.32. The lowest BCUT2D eigenvalue weighted by atomic mass is 10.1. The summed E-state index contributed by atoms with van der Waals surface area (Å²) in [7, 11) is 0. The second-order valence-electron chi connectivity index (χ2n) is 11.1. The van der Waals surface area contributed by atoms with Crippen LogP contribution in [0, 0.1) is 0 Å². The molecule has 0 amide bonds. The van der Waals surface area contributed by atoms with Gasteiger partial charge in [0.2, 0.25) is 5.75 Å². The van der Waals surface area contributed by atoms with E-state index in [1.807, 2.05) is 12.1 Å². The number of para-hydroxylation sites is 1. The summed E-state index contributed by atoms with van der Waals surface area (Å²) < 4.78 is 23.5. The van der Waals surface area contributed by atoms with E-state index in [9.17, 15) is 9.59 Å². The average Bonchev–Trinajstić information content (AvgIpc) is 3.01. The number of hydrogen-bond acceptors (Lipinski definition) is 6. The molecule has 0 radical (unpaired) electrons. The van der Waals surface area contributed by atoms with E-state index in [4.69, 9.17) is 18.6 Å². The van der Waals surface area contributed by atoms with Crippen LogP contribution in [0.15, 0.2) is 57.7 Å². The van der Waals surface area contributed by atoms with Crippen LogP contribution >= 0.6 is 0 Å². The summed E-state index contributed by atoms with van der Waals surface area (Å²) in [5.41, 5.74) is -0.0339. The van der Waals surface area contributed by atoms with Crippen LogP contribution in [0.1, 0.15) is 127 Å². The van der Waals surface area contributed by atoms with Crippen LogP contribution < -0.4 is 19.8 Å². The first kappa shape index (κ1) is 33.2. The lowest BCUT2D eigenvalue weighted by molar-refractivity contribution is 0.0729. The summed E-state index contributed by atoms with van der Waals surface area (Å²) in [4.78, 5) is 26.2. The molecule has 0 unspecified atom stereocenters. The van der Waals surface area contributed by atoms with E-state index in [0.29, 0.717) is 29.9 Å². The Morgan fingerprint density at radius 1 is 0.619 bits per heavy atom.